The lowest BCUT2D eigenvalue weighted by molar-refractivity contribution is 0.630. The molecule has 0 aromatic carbocycles. The zero-order chi connectivity index (χ0) is 9.97. The van der Waals surface area contributed by atoms with Crippen LogP contribution in [0.4, 0.5) is 0 Å². The van der Waals surface area contributed by atoms with Crippen LogP contribution in [0.25, 0.3) is 11.0 Å². The van der Waals surface area contributed by atoms with Gasteiger partial charge in [0.2, 0.25) is 0 Å². The van der Waals surface area contributed by atoms with Crippen molar-refractivity contribution in [1.82, 2.24) is 15.2 Å². The van der Waals surface area contributed by atoms with Gasteiger partial charge in [0.05, 0.1) is 11.2 Å². The molecule has 0 saturated carbocycles. The second-order valence-electron chi connectivity index (χ2n) is 3.84. The summed E-state index contributed by atoms with van der Waals surface area (Å²) in [7, 11) is 0. The highest BCUT2D eigenvalue weighted by molar-refractivity contribution is 5.72. The van der Waals surface area contributed by atoms with Crippen molar-refractivity contribution in [2.45, 2.75) is 20.3 Å². The van der Waals surface area contributed by atoms with Gasteiger partial charge in [-0.25, -0.2) is 0 Å². The summed E-state index contributed by atoms with van der Waals surface area (Å²) in [6.45, 7) is 4.34. The van der Waals surface area contributed by atoms with E-state index in [2.05, 4.69) is 29.0 Å². The average molecular weight is 187 g/mol. The first-order valence-electron chi connectivity index (χ1n) is 4.83. The van der Waals surface area contributed by atoms with E-state index in [9.17, 15) is 0 Å². The van der Waals surface area contributed by atoms with Crippen molar-refractivity contribution < 1.29 is 0 Å². The molecule has 72 valence electrons. The van der Waals surface area contributed by atoms with Crippen LogP contribution in [0.1, 0.15) is 19.5 Å². The monoisotopic (exact) mass is 187 g/mol. The Hall–Kier alpha value is -1.51. The molecule has 3 nitrogen and oxygen atoms in total. The van der Waals surface area contributed by atoms with Crippen molar-refractivity contribution in [2.24, 2.45) is 5.92 Å². The highest BCUT2D eigenvalue weighted by Crippen LogP contribution is 2.10. The van der Waals surface area contributed by atoms with Crippen molar-refractivity contribution in [3.63, 3.8) is 0 Å². The smallest absolute Gasteiger partial charge is 0.111 e. The summed E-state index contributed by atoms with van der Waals surface area (Å²) in [5.74, 6) is 0.602. The van der Waals surface area contributed by atoms with E-state index in [-0.39, 0.29) is 0 Å². The summed E-state index contributed by atoms with van der Waals surface area (Å²) in [4.78, 5) is 4.25. The SMILES string of the molecule is CC(C)Cc1cc2ncccc2nn1. The van der Waals surface area contributed by atoms with Crippen LogP contribution in [-0.4, -0.2) is 15.2 Å². The van der Waals surface area contributed by atoms with Gasteiger partial charge < -0.3 is 0 Å². The molecule has 2 aromatic heterocycles. The van der Waals surface area contributed by atoms with Crippen molar-refractivity contribution in [3.05, 3.63) is 30.1 Å². The van der Waals surface area contributed by atoms with Gasteiger partial charge in [0.25, 0.3) is 0 Å². The maximum atomic E-state index is 4.25. The molecule has 0 N–H and O–H groups in total. The summed E-state index contributed by atoms with van der Waals surface area (Å²) in [6, 6.07) is 5.82. The number of pyridine rings is 1. The number of nitrogens with zero attached hydrogens (tertiary/aromatic N) is 3. The molecule has 0 fully saturated rings. The molecule has 0 atom stereocenters. The van der Waals surface area contributed by atoms with E-state index in [0.717, 1.165) is 23.1 Å². The maximum Gasteiger partial charge on any atom is 0.111 e. The first kappa shape index (κ1) is 9.06. The summed E-state index contributed by atoms with van der Waals surface area (Å²) >= 11 is 0. The van der Waals surface area contributed by atoms with E-state index in [0.29, 0.717) is 5.92 Å². The molecule has 0 aliphatic carbocycles. The van der Waals surface area contributed by atoms with E-state index in [1.807, 2.05) is 18.2 Å². The fraction of sp³-hybridized carbons (Fsp3) is 0.364. The molecule has 0 aliphatic rings. The van der Waals surface area contributed by atoms with E-state index in [1.54, 1.807) is 6.20 Å². The van der Waals surface area contributed by atoms with Crippen molar-refractivity contribution >= 4 is 11.0 Å². The van der Waals surface area contributed by atoms with Crippen LogP contribution in [-0.2, 0) is 6.42 Å². The summed E-state index contributed by atoms with van der Waals surface area (Å²) in [6.07, 6.45) is 2.74. The highest BCUT2D eigenvalue weighted by atomic mass is 15.1. The lowest BCUT2D eigenvalue weighted by Gasteiger charge is -2.03. The van der Waals surface area contributed by atoms with Gasteiger partial charge in [0.15, 0.2) is 0 Å². The Morgan fingerprint density at radius 2 is 2.07 bits per heavy atom. The molecule has 2 heterocycles. The Kier molecular flexibility index (Phi) is 2.39. The largest absolute Gasteiger partial charge is 0.254 e. The Bertz CT molecular complexity index is 437. The molecular formula is C11H13N3. The zero-order valence-corrected chi connectivity index (χ0v) is 8.44. The van der Waals surface area contributed by atoms with Crippen LogP contribution in [0.15, 0.2) is 24.4 Å². The second-order valence-corrected chi connectivity index (χ2v) is 3.84. The Morgan fingerprint density at radius 1 is 1.21 bits per heavy atom. The summed E-state index contributed by atoms with van der Waals surface area (Å²) in [5, 5.41) is 8.28. The molecule has 3 heteroatoms. The predicted octanol–water partition coefficient (Wildman–Crippen LogP) is 2.22. The Balaban J connectivity index is 2.41. The molecule has 14 heavy (non-hydrogen) atoms. The zero-order valence-electron chi connectivity index (χ0n) is 8.44. The number of aromatic nitrogens is 3. The third kappa shape index (κ3) is 1.87. The molecule has 0 amide bonds. The minimum Gasteiger partial charge on any atom is -0.254 e. The average Bonchev–Trinajstić information content (AvgIpc) is 2.17. The maximum absolute atomic E-state index is 4.25. The minimum absolute atomic E-state index is 0.602. The van der Waals surface area contributed by atoms with Gasteiger partial charge in [-0.05, 0) is 30.5 Å². The van der Waals surface area contributed by atoms with Gasteiger partial charge in [-0.15, -0.1) is 5.10 Å². The normalized spacial score (nSPS) is 11.1. The highest BCUT2D eigenvalue weighted by Gasteiger charge is 2.02. The fourth-order valence-corrected chi connectivity index (χ4v) is 1.43. The van der Waals surface area contributed by atoms with E-state index in [1.165, 1.54) is 0 Å². The minimum atomic E-state index is 0.602. The standard InChI is InChI=1S/C11H13N3/c1-8(2)6-9-7-11-10(14-13-9)4-3-5-12-11/h3-5,7-8H,6H2,1-2H3. The molecule has 0 saturated heterocycles. The van der Waals surface area contributed by atoms with Crippen LogP contribution in [0.5, 0.6) is 0 Å². The van der Waals surface area contributed by atoms with Crippen molar-refractivity contribution in [3.8, 4) is 0 Å². The lowest BCUT2D eigenvalue weighted by Crippen LogP contribution is -1.99. The van der Waals surface area contributed by atoms with Crippen LogP contribution < -0.4 is 0 Å². The number of fused-ring (bicyclic) bond motifs is 1. The quantitative estimate of drug-likeness (QED) is 0.723. The van der Waals surface area contributed by atoms with Crippen LogP contribution in [0, 0.1) is 5.92 Å². The molecule has 2 aromatic rings. The van der Waals surface area contributed by atoms with Gasteiger partial charge in [0.1, 0.15) is 5.52 Å². The molecular weight excluding hydrogens is 174 g/mol. The van der Waals surface area contributed by atoms with Crippen LogP contribution >= 0.6 is 0 Å². The van der Waals surface area contributed by atoms with E-state index in [4.69, 9.17) is 0 Å². The fourth-order valence-electron chi connectivity index (χ4n) is 1.43. The number of rotatable bonds is 2. The molecule has 0 spiro atoms. The van der Waals surface area contributed by atoms with Gasteiger partial charge in [0, 0.05) is 6.20 Å². The molecule has 0 unspecified atom stereocenters. The first-order valence-corrected chi connectivity index (χ1v) is 4.83. The lowest BCUT2D eigenvalue weighted by atomic mass is 10.1. The first-order chi connectivity index (χ1) is 6.75. The Morgan fingerprint density at radius 3 is 2.86 bits per heavy atom. The third-order valence-corrected chi connectivity index (χ3v) is 2.02. The molecule has 0 aliphatic heterocycles. The van der Waals surface area contributed by atoms with Gasteiger partial charge >= 0.3 is 0 Å². The molecule has 0 bridgehead atoms. The van der Waals surface area contributed by atoms with E-state index >= 15 is 0 Å². The predicted molar refractivity (Wildman–Crippen MR) is 55.9 cm³/mol. The summed E-state index contributed by atoms with van der Waals surface area (Å²) in [5.41, 5.74) is 2.81. The second kappa shape index (κ2) is 3.70. The Labute approximate surface area is 83.2 Å². The summed E-state index contributed by atoms with van der Waals surface area (Å²) < 4.78 is 0. The van der Waals surface area contributed by atoms with Crippen LogP contribution in [0.2, 0.25) is 0 Å². The van der Waals surface area contributed by atoms with E-state index < -0.39 is 0 Å². The topological polar surface area (TPSA) is 38.7 Å². The van der Waals surface area contributed by atoms with Gasteiger partial charge in [-0.1, -0.05) is 13.8 Å². The third-order valence-electron chi connectivity index (χ3n) is 2.02. The van der Waals surface area contributed by atoms with Crippen molar-refractivity contribution in [2.75, 3.05) is 0 Å². The van der Waals surface area contributed by atoms with Crippen LogP contribution in [0.3, 0.4) is 0 Å². The van der Waals surface area contributed by atoms with Gasteiger partial charge in [-0.2, -0.15) is 5.10 Å². The van der Waals surface area contributed by atoms with Crippen molar-refractivity contribution in [1.29, 1.82) is 0 Å². The molecule has 0 radical (unpaired) electrons. The molecule has 2 rings (SSSR count). The number of hydrogen-bond donors (Lipinski definition) is 0. The number of hydrogen-bond acceptors (Lipinski definition) is 3. The van der Waals surface area contributed by atoms with Gasteiger partial charge in [-0.3, -0.25) is 4.98 Å².